The van der Waals surface area contributed by atoms with Gasteiger partial charge in [0.2, 0.25) is 0 Å². The summed E-state index contributed by atoms with van der Waals surface area (Å²) in [5.41, 5.74) is 1.06. The second-order valence-electron chi connectivity index (χ2n) is 3.17. The summed E-state index contributed by atoms with van der Waals surface area (Å²) in [6.07, 6.45) is 1.04. The van der Waals surface area contributed by atoms with Crippen LogP contribution in [0.5, 0.6) is 5.75 Å². The summed E-state index contributed by atoms with van der Waals surface area (Å²) in [6, 6.07) is 7.59. The smallest absolute Gasteiger partial charge is 0.268 e. The summed E-state index contributed by atoms with van der Waals surface area (Å²) < 4.78 is 5.45. The van der Waals surface area contributed by atoms with Gasteiger partial charge in [-0.15, -0.1) is 0 Å². The van der Waals surface area contributed by atoms with Crippen LogP contribution < -0.4 is 10.1 Å². The van der Waals surface area contributed by atoms with Gasteiger partial charge in [-0.25, -0.2) is 0 Å². The molecule has 0 saturated carbocycles. The lowest BCUT2D eigenvalue weighted by molar-refractivity contribution is -0.116. The highest BCUT2D eigenvalue weighted by Crippen LogP contribution is 2.26. The van der Waals surface area contributed by atoms with Crippen LogP contribution in [-0.4, -0.2) is 23.6 Å². The van der Waals surface area contributed by atoms with Crippen LogP contribution in [-0.2, 0) is 11.2 Å². The van der Waals surface area contributed by atoms with E-state index in [4.69, 9.17) is 9.94 Å². The van der Waals surface area contributed by atoms with Crippen molar-refractivity contribution >= 4 is 12.1 Å². The van der Waals surface area contributed by atoms with Crippen molar-refractivity contribution in [3.8, 4) is 5.75 Å². The van der Waals surface area contributed by atoms with E-state index >= 15 is 0 Å². The van der Waals surface area contributed by atoms with Gasteiger partial charge in [-0.2, -0.15) is 0 Å². The minimum Gasteiger partial charge on any atom is -0.470 e. The fraction of sp³-hybridized carbons (Fsp3) is 0.200. The van der Waals surface area contributed by atoms with Gasteiger partial charge in [-0.05, 0) is 11.6 Å². The molecule has 0 aromatic heterocycles. The Morgan fingerprint density at radius 3 is 3.13 bits per heavy atom. The second kappa shape index (κ2) is 4.00. The Hall–Kier alpha value is -2.04. The Kier molecular flexibility index (Phi) is 2.53. The van der Waals surface area contributed by atoms with Crippen LogP contribution in [0.25, 0.3) is 0 Å². The van der Waals surface area contributed by atoms with Gasteiger partial charge in [-0.3, -0.25) is 4.79 Å². The lowest BCUT2D eigenvalue weighted by Crippen LogP contribution is -2.38. The zero-order valence-corrected chi connectivity index (χ0v) is 7.88. The molecule has 78 valence electrons. The van der Waals surface area contributed by atoms with Gasteiger partial charge in [0.15, 0.2) is 6.23 Å². The highest BCUT2D eigenvalue weighted by molar-refractivity contribution is 6.26. The van der Waals surface area contributed by atoms with E-state index in [2.05, 4.69) is 10.5 Å². The molecule has 15 heavy (non-hydrogen) atoms. The number of hydrogen-bond acceptors (Lipinski definition) is 4. The molecular formula is C10H10N2O3. The molecule has 0 saturated heterocycles. The number of carbonyl (C=O) groups is 1. The molecule has 1 aliphatic heterocycles. The topological polar surface area (TPSA) is 70.9 Å². The molecule has 1 heterocycles. The number of hydrogen-bond donors (Lipinski definition) is 2. The fourth-order valence-electron chi connectivity index (χ4n) is 1.51. The molecule has 1 aliphatic rings. The van der Waals surface area contributed by atoms with Crippen LogP contribution in [0.2, 0.25) is 0 Å². The minimum atomic E-state index is -0.477. The van der Waals surface area contributed by atoms with Crippen molar-refractivity contribution in [3.63, 3.8) is 0 Å². The molecule has 0 spiro atoms. The molecule has 1 unspecified atom stereocenters. The quantitative estimate of drug-likeness (QED) is 0.421. The van der Waals surface area contributed by atoms with Crippen molar-refractivity contribution in [3.05, 3.63) is 29.8 Å². The Bertz CT molecular complexity index is 378. The van der Waals surface area contributed by atoms with E-state index in [0.717, 1.165) is 17.5 Å². The van der Waals surface area contributed by atoms with E-state index in [9.17, 15) is 4.79 Å². The molecule has 5 nitrogen and oxygen atoms in total. The van der Waals surface area contributed by atoms with Crippen LogP contribution in [0.1, 0.15) is 5.56 Å². The molecule has 1 aromatic carbocycles. The molecule has 0 aliphatic carbocycles. The molecule has 0 bridgehead atoms. The van der Waals surface area contributed by atoms with Gasteiger partial charge in [0.05, 0.1) is 0 Å². The summed E-state index contributed by atoms with van der Waals surface area (Å²) in [7, 11) is 0. The standard InChI is InChI=1S/C10H10N2O3/c13-9(6-11-14)12-10-5-7-3-1-2-4-8(7)15-10/h1-4,6,10,14H,5H2,(H,12,13). The summed E-state index contributed by atoms with van der Waals surface area (Å²) in [5.74, 6) is 0.305. The Labute approximate surface area is 86.4 Å². The summed E-state index contributed by atoms with van der Waals surface area (Å²) in [4.78, 5) is 11.0. The molecule has 2 rings (SSSR count). The zero-order chi connectivity index (χ0) is 10.7. The second-order valence-corrected chi connectivity index (χ2v) is 3.17. The van der Waals surface area contributed by atoms with Gasteiger partial charge in [-0.1, -0.05) is 23.4 Å². The van der Waals surface area contributed by atoms with Crippen LogP contribution in [0.15, 0.2) is 29.4 Å². The van der Waals surface area contributed by atoms with Crippen LogP contribution in [0, 0.1) is 0 Å². The number of fused-ring (bicyclic) bond motifs is 1. The number of nitrogens with one attached hydrogen (secondary N) is 1. The van der Waals surface area contributed by atoms with Crippen molar-refractivity contribution < 1.29 is 14.7 Å². The van der Waals surface area contributed by atoms with Gasteiger partial charge >= 0.3 is 0 Å². The number of oxime groups is 1. The van der Waals surface area contributed by atoms with Crippen LogP contribution >= 0.6 is 0 Å². The normalized spacial score (nSPS) is 18.5. The van der Waals surface area contributed by atoms with E-state index < -0.39 is 5.91 Å². The number of para-hydroxylation sites is 1. The van der Waals surface area contributed by atoms with E-state index in [1.807, 2.05) is 24.3 Å². The summed E-state index contributed by atoms with van der Waals surface area (Å²) >= 11 is 0. The van der Waals surface area contributed by atoms with Gasteiger partial charge in [0, 0.05) is 6.42 Å². The highest BCUT2D eigenvalue weighted by atomic mass is 16.5. The molecule has 1 aromatic rings. The molecular weight excluding hydrogens is 196 g/mol. The number of ether oxygens (including phenoxy) is 1. The van der Waals surface area contributed by atoms with Crippen LogP contribution in [0.4, 0.5) is 0 Å². The third-order valence-electron chi connectivity index (χ3n) is 2.13. The van der Waals surface area contributed by atoms with Crippen molar-refractivity contribution in [1.29, 1.82) is 0 Å². The average Bonchev–Trinajstić information content (AvgIpc) is 2.59. The predicted molar refractivity (Wildman–Crippen MR) is 53.0 cm³/mol. The Balaban J connectivity index is 1.99. The number of carbonyl (C=O) groups excluding carboxylic acids is 1. The third-order valence-corrected chi connectivity index (χ3v) is 2.13. The lowest BCUT2D eigenvalue weighted by atomic mass is 10.1. The minimum absolute atomic E-state index is 0.382. The van der Waals surface area contributed by atoms with E-state index in [1.165, 1.54) is 0 Å². The van der Waals surface area contributed by atoms with Gasteiger partial charge < -0.3 is 15.3 Å². The van der Waals surface area contributed by atoms with Crippen molar-refractivity contribution in [1.82, 2.24) is 5.32 Å². The highest BCUT2D eigenvalue weighted by Gasteiger charge is 2.22. The molecule has 0 radical (unpaired) electrons. The molecule has 1 amide bonds. The first kappa shape index (κ1) is 9.51. The monoisotopic (exact) mass is 206 g/mol. The number of nitrogens with zero attached hydrogens (tertiary/aromatic N) is 1. The van der Waals surface area contributed by atoms with E-state index in [-0.39, 0.29) is 6.23 Å². The summed E-state index contributed by atoms with van der Waals surface area (Å²) in [6.45, 7) is 0. The Morgan fingerprint density at radius 1 is 1.60 bits per heavy atom. The van der Waals surface area contributed by atoms with Crippen molar-refractivity contribution in [2.45, 2.75) is 12.6 Å². The Morgan fingerprint density at radius 2 is 2.40 bits per heavy atom. The SMILES string of the molecule is O=C(C=NO)NC1Cc2ccccc2O1. The summed E-state index contributed by atoms with van der Waals surface area (Å²) in [5, 5.41) is 13.3. The first-order chi connectivity index (χ1) is 7.29. The first-order valence-corrected chi connectivity index (χ1v) is 4.52. The maximum atomic E-state index is 11.0. The molecule has 5 heteroatoms. The maximum absolute atomic E-state index is 11.0. The van der Waals surface area contributed by atoms with E-state index in [0.29, 0.717) is 6.42 Å². The third kappa shape index (κ3) is 2.07. The van der Waals surface area contributed by atoms with Crippen molar-refractivity contribution in [2.75, 3.05) is 0 Å². The lowest BCUT2D eigenvalue weighted by Gasteiger charge is -2.10. The number of benzene rings is 1. The predicted octanol–water partition coefficient (Wildman–Crippen LogP) is 0.524. The zero-order valence-electron chi connectivity index (χ0n) is 7.88. The van der Waals surface area contributed by atoms with Crippen LogP contribution in [0.3, 0.4) is 0 Å². The van der Waals surface area contributed by atoms with E-state index in [1.54, 1.807) is 0 Å². The van der Waals surface area contributed by atoms with Gasteiger partial charge in [0.25, 0.3) is 5.91 Å². The first-order valence-electron chi connectivity index (χ1n) is 4.52. The van der Waals surface area contributed by atoms with Crippen molar-refractivity contribution in [2.24, 2.45) is 5.16 Å². The molecule has 0 fully saturated rings. The molecule has 1 atom stereocenters. The van der Waals surface area contributed by atoms with Gasteiger partial charge in [0.1, 0.15) is 12.0 Å². The molecule has 2 N–H and O–H groups in total. The maximum Gasteiger partial charge on any atom is 0.268 e. The largest absolute Gasteiger partial charge is 0.470 e. The number of rotatable bonds is 2. The average molecular weight is 206 g/mol. The fourth-order valence-corrected chi connectivity index (χ4v) is 1.51. The number of amides is 1.